The molecule has 4 nitrogen and oxygen atoms in total. The fourth-order valence-electron chi connectivity index (χ4n) is 0.907. The first-order chi connectivity index (χ1) is 5.24. The summed E-state index contributed by atoms with van der Waals surface area (Å²) in [6.45, 7) is 2.07. The fourth-order valence-corrected chi connectivity index (χ4v) is 1.60. The number of nitrogens with two attached hydrogens (primary N) is 1. The molecule has 0 aromatic heterocycles. The molecule has 1 heterocycles. The van der Waals surface area contributed by atoms with Crippen LogP contribution in [-0.4, -0.2) is 35.3 Å². The molecule has 0 saturated carbocycles. The molecule has 1 aliphatic rings. The summed E-state index contributed by atoms with van der Waals surface area (Å²) in [5.41, 5.74) is 5.46. The Kier molecular flexibility index (Phi) is 3.53. The maximum atomic E-state index is 11.0. The summed E-state index contributed by atoms with van der Waals surface area (Å²) in [7, 11) is 0. The zero-order valence-corrected chi connectivity index (χ0v) is 8.28. The molecule has 64 valence electrons. The van der Waals surface area contributed by atoms with E-state index < -0.39 is 0 Å². The second-order valence-corrected chi connectivity index (χ2v) is 3.72. The van der Waals surface area contributed by atoms with E-state index in [1.165, 1.54) is 0 Å². The van der Waals surface area contributed by atoms with E-state index in [-0.39, 0.29) is 12.5 Å². The summed E-state index contributed by atoms with van der Waals surface area (Å²) in [5, 5.41) is 0. The lowest BCUT2D eigenvalue weighted by atomic mass is 10.2. The molecule has 11 heavy (non-hydrogen) atoms. The molecule has 0 aromatic carbocycles. The SMILES string of the molecule is NC[C@H]1COCC(=O)N(I)C1. The van der Waals surface area contributed by atoms with Gasteiger partial charge in [0, 0.05) is 12.5 Å². The number of hydrogen-bond acceptors (Lipinski definition) is 3. The van der Waals surface area contributed by atoms with Crippen LogP contribution in [-0.2, 0) is 9.53 Å². The molecule has 0 radical (unpaired) electrons. The first-order valence-corrected chi connectivity index (χ1v) is 4.44. The lowest BCUT2D eigenvalue weighted by molar-refractivity contribution is -0.128. The smallest absolute Gasteiger partial charge is 0.257 e. The van der Waals surface area contributed by atoms with Gasteiger partial charge in [0.1, 0.15) is 6.61 Å². The Morgan fingerprint density at radius 1 is 1.82 bits per heavy atom. The zero-order valence-electron chi connectivity index (χ0n) is 6.12. The zero-order chi connectivity index (χ0) is 8.27. The van der Waals surface area contributed by atoms with E-state index in [4.69, 9.17) is 10.5 Å². The molecule has 0 bridgehead atoms. The van der Waals surface area contributed by atoms with Gasteiger partial charge in [-0.05, 0) is 6.54 Å². The second kappa shape index (κ2) is 4.22. The Labute approximate surface area is 79.6 Å². The number of ether oxygens (including phenoxy) is 1. The van der Waals surface area contributed by atoms with Crippen molar-refractivity contribution in [1.82, 2.24) is 3.11 Å². The van der Waals surface area contributed by atoms with Gasteiger partial charge in [-0.3, -0.25) is 7.91 Å². The van der Waals surface area contributed by atoms with Crippen molar-refractivity contribution in [2.24, 2.45) is 11.7 Å². The van der Waals surface area contributed by atoms with Crippen LogP contribution in [0.2, 0.25) is 0 Å². The minimum atomic E-state index is 0.0292. The largest absolute Gasteiger partial charge is 0.371 e. The van der Waals surface area contributed by atoms with Crippen molar-refractivity contribution in [2.45, 2.75) is 0 Å². The van der Waals surface area contributed by atoms with Crippen LogP contribution in [0.3, 0.4) is 0 Å². The second-order valence-electron chi connectivity index (χ2n) is 2.56. The van der Waals surface area contributed by atoms with E-state index in [9.17, 15) is 4.79 Å². The summed E-state index contributed by atoms with van der Waals surface area (Å²) in [4.78, 5) is 11.0. The maximum absolute atomic E-state index is 11.0. The quantitative estimate of drug-likeness (QED) is 0.529. The van der Waals surface area contributed by atoms with Crippen LogP contribution in [0.25, 0.3) is 0 Å². The van der Waals surface area contributed by atoms with Crippen molar-refractivity contribution in [1.29, 1.82) is 0 Å². The summed E-state index contributed by atoms with van der Waals surface area (Å²) in [5.74, 6) is 0.319. The Hall–Kier alpha value is 0.120. The highest BCUT2D eigenvalue weighted by molar-refractivity contribution is 14.1. The van der Waals surface area contributed by atoms with Crippen molar-refractivity contribution in [2.75, 3.05) is 26.3 Å². The lowest BCUT2D eigenvalue weighted by Gasteiger charge is -2.14. The summed E-state index contributed by atoms with van der Waals surface area (Å²) >= 11 is 1.99. The Morgan fingerprint density at radius 2 is 2.55 bits per heavy atom. The molecule has 2 N–H and O–H groups in total. The maximum Gasteiger partial charge on any atom is 0.257 e. The summed E-state index contributed by atoms with van der Waals surface area (Å²) < 4.78 is 6.75. The predicted octanol–water partition coefficient (Wildman–Crippen LogP) is -0.230. The van der Waals surface area contributed by atoms with E-state index in [0.717, 1.165) is 0 Å². The van der Waals surface area contributed by atoms with Gasteiger partial charge in [0.15, 0.2) is 0 Å². The van der Waals surface area contributed by atoms with E-state index in [1.54, 1.807) is 3.11 Å². The number of carbonyl (C=O) groups excluding carboxylic acids is 1. The van der Waals surface area contributed by atoms with Crippen molar-refractivity contribution in [3.05, 3.63) is 0 Å². The Morgan fingerprint density at radius 3 is 3.18 bits per heavy atom. The van der Waals surface area contributed by atoms with Crippen LogP contribution in [0.1, 0.15) is 0 Å². The minimum Gasteiger partial charge on any atom is -0.371 e. The molecule has 0 spiro atoms. The Bertz CT molecular complexity index is 154. The third kappa shape index (κ3) is 2.57. The average molecular weight is 270 g/mol. The van der Waals surface area contributed by atoms with Crippen molar-refractivity contribution < 1.29 is 9.53 Å². The van der Waals surface area contributed by atoms with E-state index in [1.807, 2.05) is 22.9 Å². The molecule has 5 heteroatoms. The van der Waals surface area contributed by atoms with Crippen molar-refractivity contribution >= 4 is 28.8 Å². The molecule has 0 aliphatic carbocycles. The van der Waals surface area contributed by atoms with E-state index >= 15 is 0 Å². The topological polar surface area (TPSA) is 55.6 Å². The molecule has 1 aliphatic heterocycles. The summed E-state index contributed by atoms with van der Waals surface area (Å²) in [6.07, 6.45) is 0. The average Bonchev–Trinajstić information content (AvgIpc) is 2.15. The number of amides is 1. The number of rotatable bonds is 1. The highest BCUT2D eigenvalue weighted by Gasteiger charge is 2.20. The molecule has 0 unspecified atom stereocenters. The van der Waals surface area contributed by atoms with Gasteiger partial charge in [0.2, 0.25) is 0 Å². The van der Waals surface area contributed by atoms with E-state index in [0.29, 0.717) is 25.6 Å². The van der Waals surface area contributed by atoms with Gasteiger partial charge < -0.3 is 10.5 Å². The normalized spacial score (nSPS) is 26.9. The van der Waals surface area contributed by atoms with Gasteiger partial charge in [0.05, 0.1) is 29.5 Å². The molecule has 1 rings (SSSR count). The molecule has 1 atom stereocenters. The fraction of sp³-hybridized carbons (Fsp3) is 0.833. The highest BCUT2D eigenvalue weighted by Crippen LogP contribution is 2.10. The van der Waals surface area contributed by atoms with Gasteiger partial charge in [0.25, 0.3) is 5.91 Å². The first kappa shape index (κ1) is 9.21. The number of hydrogen-bond donors (Lipinski definition) is 1. The summed E-state index contributed by atoms with van der Waals surface area (Å²) in [6, 6.07) is 0. The standard InChI is InChI=1S/C6H11IN2O2/c7-9-2-5(1-8)3-11-4-6(9)10/h5H,1-4,8H2/t5-/m1/s1. The Balaban J connectivity index is 2.48. The molecule has 1 amide bonds. The molecule has 0 aromatic rings. The van der Waals surface area contributed by atoms with Gasteiger partial charge in [-0.1, -0.05) is 0 Å². The van der Waals surface area contributed by atoms with Gasteiger partial charge >= 0.3 is 0 Å². The van der Waals surface area contributed by atoms with Gasteiger partial charge in [-0.15, -0.1) is 0 Å². The molecular weight excluding hydrogens is 259 g/mol. The molecule has 1 fully saturated rings. The van der Waals surface area contributed by atoms with Crippen LogP contribution < -0.4 is 5.73 Å². The van der Waals surface area contributed by atoms with Crippen molar-refractivity contribution in [3.8, 4) is 0 Å². The van der Waals surface area contributed by atoms with Gasteiger partial charge in [-0.25, -0.2) is 0 Å². The third-order valence-corrected chi connectivity index (χ3v) is 2.53. The van der Waals surface area contributed by atoms with Crippen LogP contribution in [0.5, 0.6) is 0 Å². The van der Waals surface area contributed by atoms with Crippen LogP contribution in [0.4, 0.5) is 0 Å². The molecular formula is C6H11IN2O2. The monoisotopic (exact) mass is 270 g/mol. The highest BCUT2D eigenvalue weighted by atomic mass is 127. The lowest BCUT2D eigenvalue weighted by Crippen LogP contribution is -2.29. The van der Waals surface area contributed by atoms with Crippen LogP contribution in [0.15, 0.2) is 0 Å². The van der Waals surface area contributed by atoms with Crippen LogP contribution in [0, 0.1) is 5.92 Å². The molecule has 1 saturated heterocycles. The first-order valence-electron chi connectivity index (χ1n) is 3.48. The minimum absolute atomic E-state index is 0.0292. The van der Waals surface area contributed by atoms with Crippen LogP contribution >= 0.6 is 22.9 Å². The van der Waals surface area contributed by atoms with Crippen molar-refractivity contribution in [3.63, 3.8) is 0 Å². The van der Waals surface area contributed by atoms with E-state index in [2.05, 4.69) is 0 Å². The van der Waals surface area contributed by atoms with Gasteiger partial charge in [-0.2, -0.15) is 0 Å². The number of halogens is 1. The predicted molar refractivity (Wildman–Crippen MR) is 49.1 cm³/mol. The number of nitrogens with zero attached hydrogens (tertiary/aromatic N) is 1. The third-order valence-electron chi connectivity index (χ3n) is 1.60. The number of carbonyl (C=O) groups is 1.